The molecule has 0 fully saturated rings. The van der Waals surface area contributed by atoms with Gasteiger partial charge in [-0.3, -0.25) is 4.98 Å². The zero-order valence-electron chi connectivity index (χ0n) is 26.1. The lowest BCUT2D eigenvalue weighted by Gasteiger charge is -2.13. The van der Waals surface area contributed by atoms with Crippen LogP contribution >= 0.6 is 0 Å². The highest BCUT2D eigenvalue weighted by Gasteiger charge is 2.15. The molecular weight excluding hydrogens is 583 g/mol. The monoisotopic (exact) mass is 611 g/mol. The third-order valence-electron chi connectivity index (χ3n) is 9.19. The molecule has 224 valence electrons. The van der Waals surface area contributed by atoms with Gasteiger partial charge in [0.1, 0.15) is 0 Å². The topological polar surface area (TPSA) is 38.7 Å². The summed E-state index contributed by atoms with van der Waals surface area (Å²) in [6.07, 6.45) is 3.70. The van der Waals surface area contributed by atoms with Crippen LogP contribution in [-0.4, -0.2) is 15.0 Å². The maximum absolute atomic E-state index is 5.16. The van der Waals surface area contributed by atoms with E-state index >= 15 is 0 Å². The molecule has 0 saturated carbocycles. The summed E-state index contributed by atoms with van der Waals surface area (Å²) in [5, 5.41) is 7.67. The summed E-state index contributed by atoms with van der Waals surface area (Å²) >= 11 is 0. The van der Waals surface area contributed by atoms with E-state index in [0.29, 0.717) is 5.82 Å². The van der Waals surface area contributed by atoms with Gasteiger partial charge in [-0.05, 0) is 67.2 Å². The third-order valence-corrected chi connectivity index (χ3v) is 9.19. The van der Waals surface area contributed by atoms with Gasteiger partial charge in [0.25, 0.3) is 0 Å². The van der Waals surface area contributed by atoms with E-state index in [2.05, 4.69) is 145 Å². The van der Waals surface area contributed by atoms with E-state index in [4.69, 9.17) is 9.97 Å². The van der Waals surface area contributed by atoms with Crippen molar-refractivity contribution in [1.29, 1.82) is 0 Å². The molecular formula is C45H29N3. The highest BCUT2D eigenvalue weighted by atomic mass is 14.9. The Balaban J connectivity index is 1.16. The molecule has 9 rings (SSSR count). The highest BCUT2D eigenvalue weighted by molar-refractivity contribution is 6.25. The maximum Gasteiger partial charge on any atom is 0.160 e. The van der Waals surface area contributed by atoms with Crippen LogP contribution in [0.4, 0.5) is 0 Å². The summed E-state index contributed by atoms with van der Waals surface area (Å²) in [5.41, 5.74) is 9.28. The quantitative estimate of drug-likeness (QED) is 0.182. The van der Waals surface area contributed by atoms with Crippen LogP contribution < -0.4 is 0 Å². The smallest absolute Gasteiger partial charge is 0.160 e. The van der Waals surface area contributed by atoms with E-state index in [9.17, 15) is 0 Å². The van der Waals surface area contributed by atoms with Crippen LogP contribution in [0.5, 0.6) is 0 Å². The van der Waals surface area contributed by atoms with Crippen molar-refractivity contribution in [2.24, 2.45) is 0 Å². The van der Waals surface area contributed by atoms with Crippen LogP contribution in [0, 0.1) is 0 Å². The number of rotatable bonds is 5. The van der Waals surface area contributed by atoms with Gasteiger partial charge in [0.05, 0.1) is 11.4 Å². The molecule has 0 unspecified atom stereocenters. The van der Waals surface area contributed by atoms with Gasteiger partial charge in [0.15, 0.2) is 5.82 Å². The fourth-order valence-electron chi connectivity index (χ4n) is 6.85. The lowest BCUT2D eigenvalue weighted by Crippen LogP contribution is -1.97. The predicted molar refractivity (Wildman–Crippen MR) is 200 cm³/mol. The normalized spacial score (nSPS) is 11.3. The molecule has 0 aliphatic heterocycles. The molecule has 0 radical (unpaired) electrons. The summed E-state index contributed by atoms with van der Waals surface area (Å²) in [6, 6.07) is 57.7. The average molecular weight is 612 g/mol. The zero-order valence-corrected chi connectivity index (χ0v) is 26.1. The van der Waals surface area contributed by atoms with E-state index in [1.807, 2.05) is 30.5 Å². The molecule has 0 bridgehead atoms. The molecule has 3 heteroatoms. The van der Waals surface area contributed by atoms with Gasteiger partial charge in [-0.1, -0.05) is 146 Å². The van der Waals surface area contributed by atoms with Crippen LogP contribution in [0.1, 0.15) is 0 Å². The Kier molecular flexibility index (Phi) is 6.80. The minimum Gasteiger partial charge on any atom is -0.264 e. The van der Waals surface area contributed by atoms with Crippen molar-refractivity contribution in [3.05, 3.63) is 176 Å². The van der Waals surface area contributed by atoms with Crippen molar-refractivity contribution in [1.82, 2.24) is 15.0 Å². The highest BCUT2D eigenvalue weighted by Crippen LogP contribution is 2.38. The predicted octanol–water partition coefficient (Wildman–Crippen LogP) is 11.7. The van der Waals surface area contributed by atoms with Gasteiger partial charge in [0.2, 0.25) is 0 Å². The van der Waals surface area contributed by atoms with Crippen LogP contribution in [0.25, 0.3) is 88.5 Å². The van der Waals surface area contributed by atoms with Crippen LogP contribution in [0.2, 0.25) is 0 Å². The summed E-state index contributed by atoms with van der Waals surface area (Å²) in [5.74, 6) is 0.690. The number of nitrogens with zero attached hydrogens (tertiary/aromatic N) is 3. The second kappa shape index (κ2) is 11.7. The number of aromatic nitrogens is 3. The summed E-state index contributed by atoms with van der Waals surface area (Å²) < 4.78 is 0. The first kappa shape index (κ1) is 27.8. The number of hydrogen-bond donors (Lipinski definition) is 0. The summed E-state index contributed by atoms with van der Waals surface area (Å²) in [6.45, 7) is 0. The summed E-state index contributed by atoms with van der Waals surface area (Å²) in [7, 11) is 0. The van der Waals surface area contributed by atoms with Gasteiger partial charge in [-0.2, -0.15) is 0 Å². The van der Waals surface area contributed by atoms with Crippen LogP contribution in [-0.2, 0) is 0 Å². The Hall–Kier alpha value is -6.45. The van der Waals surface area contributed by atoms with Crippen molar-refractivity contribution in [2.75, 3.05) is 0 Å². The Morgan fingerprint density at radius 2 is 0.854 bits per heavy atom. The molecule has 3 nitrogen and oxygen atoms in total. The van der Waals surface area contributed by atoms with E-state index in [0.717, 1.165) is 44.8 Å². The van der Waals surface area contributed by atoms with Crippen molar-refractivity contribution in [3.8, 4) is 56.2 Å². The molecule has 0 spiro atoms. The SMILES string of the molecule is c1ccc(-c2cc(-c3ccccc3-c3cccnc3)nc(-c3ccc(-c4ccc5c6ccccc6c6ccccc6c5c4)cc3)n2)cc1. The van der Waals surface area contributed by atoms with Crippen molar-refractivity contribution in [2.45, 2.75) is 0 Å². The Labute approximate surface area is 278 Å². The standard InChI is InChI=1S/C45H29N3/c1-2-11-31(12-3-1)43-28-44(41-19-9-4-14-35(41)34-13-10-26-46-29-34)48-45(47-43)32-22-20-30(21-23-32)33-24-25-40-38-17-6-5-15-36(38)37-16-7-8-18-39(37)42(40)27-33/h1-29H. The van der Waals surface area contributed by atoms with Gasteiger partial charge in [-0.25, -0.2) is 9.97 Å². The molecule has 0 aliphatic rings. The maximum atomic E-state index is 5.16. The van der Waals surface area contributed by atoms with Crippen LogP contribution in [0.15, 0.2) is 176 Å². The van der Waals surface area contributed by atoms with Crippen LogP contribution in [0.3, 0.4) is 0 Å². The van der Waals surface area contributed by atoms with Gasteiger partial charge in [0, 0.05) is 34.6 Å². The average Bonchev–Trinajstić information content (AvgIpc) is 3.18. The number of fused-ring (bicyclic) bond motifs is 6. The van der Waals surface area contributed by atoms with E-state index < -0.39 is 0 Å². The van der Waals surface area contributed by atoms with E-state index in [-0.39, 0.29) is 0 Å². The molecule has 0 N–H and O–H groups in total. The first-order valence-corrected chi connectivity index (χ1v) is 16.2. The van der Waals surface area contributed by atoms with Gasteiger partial charge in [-0.15, -0.1) is 0 Å². The number of hydrogen-bond acceptors (Lipinski definition) is 3. The third kappa shape index (κ3) is 4.90. The van der Waals surface area contributed by atoms with E-state index in [1.165, 1.54) is 37.9 Å². The second-order valence-corrected chi connectivity index (χ2v) is 12.0. The second-order valence-electron chi connectivity index (χ2n) is 12.0. The first-order chi connectivity index (χ1) is 23.8. The fraction of sp³-hybridized carbons (Fsp3) is 0. The molecule has 0 aliphatic carbocycles. The van der Waals surface area contributed by atoms with Gasteiger partial charge < -0.3 is 0 Å². The number of benzene rings is 7. The minimum atomic E-state index is 0.690. The van der Waals surface area contributed by atoms with Crippen molar-refractivity contribution < 1.29 is 0 Å². The molecule has 7 aromatic carbocycles. The largest absolute Gasteiger partial charge is 0.264 e. The molecule has 0 saturated heterocycles. The fourth-order valence-corrected chi connectivity index (χ4v) is 6.85. The molecule has 2 heterocycles. The first-order valence-electron chi connectivity index (χ1n) is 16.2. The van der Waals surface area contributed by atoms with E-state index in [1.54, 1.807) is 6.20 Å². The van der Waals surface area contributed by atoms with Crippen molar-refractivity contribution >= 4 is 32.3 Å². The minimum absolute atomic E-state index is 0.690. The lowest BCUT2D eigenvalue weighted by atomic mass is 9.92. The lowest BCUT2D eigenvalue weighted by molar-refractivity contribution is 1.18. The molecule has 0 atom stereocenters. The Morgan fingerprint density at radius 1 is 0.312 bits per heavy atom. The number of pyridine rings is 1. The molecule has 0 amide bonds. The molecule has 2 aromatic heterocycles. The molecule has 48 heavy (non-hydrogen) atoms. The Bertz CT molecular complexity index is 2560. The zero-order chi connectivity index (χ0) is 31.9. The summed E-state index contributed by atoms with van der Waals surface area (Å²) in [4.78, 5) is 14.6. The Morgan fingerprint density at radius 3 is 1.54 bits per heavy atom. The molecule has 9 aromatic rings. The van der Waals surface area contributed by atoms with Gasteiger partial charge >= 0.3 is 0 Å². The van der Waals surface area contributed by atoms with Crippen molar-refractivity contribution in [3.63, 3.8) is 0 Å².